The van der Waals surface area contributed by atoms with E-state index in [1.807, 2.05) is 18.7 Å². The summed E-state index contributed by atoms with van der Waals surface area (Å²) in [6, 6.07) is 0. The molecule has 0 aromatic carbocycles. The van der Waals surface area contributed by atoms with Gasteiger partial charge in [-0.15, -0.1) is 0 Å². The van der Waals surface area contributed by atoms with E-state index in [9.17, 15) is 0 Å². The van der Waals surface area contributed by atoms with Gasteiger partial charge in [-0.25, -0.2) is 4.98 Å². The van der Waals surface area contributed by atoms with E-state index >= 15 is 0 Å². The SMILES string of the molecule is CCN(CCO)c1nc(C)ns1. The summed E-state index contributed by atoms with van der Waals surface area (Å²) >= 11 is 1.38. The molecule has 1 aromatic heterocycles. The summed E-state index contributed by atoms with van der Waals surface area (Å²) in [6.07, 6.45) is 0. The monoisotopic (exact) mass is 187 g/mol. The van der Waals surface area contributed by atoms with Crippen molar-refractivity contribution in [2.75, 3.05) is 24.6 Å². The molecule has 0 bridgehead atoms. The van der Waals surface area contributed by atoms with E-state index in [-0.39, 0.29) is 6.61 Å². The summed E-state index contributed by atoms with van der Waals surface area (Å²) in [5, 5.41) is 9.64. The summed E-state index contributed by atoms with van der Waals surface area (Å²) in [5.74, 6) is 0.798. The van der Waals surface area contributed by atoms with Gasteiger partial charge >= 0.3 is 0 Å². The third kappa shape index (κ3) is 2.15. The third-order valence-corrected chi connectivity index (χ3v) is 2.41. The lowest BCUT2D eigenvalue weighted by Crippen LogP contribution is -2.25. The van der Waals surface area contributed by atoms with Gasteiger partial charge in [-0.05, 0) is 13.8 Å². The Bertz CT molecular complexity index is 238. The predicted octanol–water partition coefficient (Wildman–Crippen LogP) is 0.665. The molecule has 0 aliphatic carbocycles. The molecular formula is C7H13N3OS. The Labute approximate surface area is 76.0 Å². The number of aryl methyl sites for hydroxylation is 1. The zero-order valence-corrected chi connectivity index (χ0v) is 8.13. The minimum atomic E-state index is 0.159. The molecule has 0 atom stereocenters. The minimum absolute atomic E-state index is 0.159. The maximum Gasteiger partial charge on any atom is 0.205 e. The molecule has 1 heterocycles. The molecule has 0 unspecified atom stereocenters. The standard InChI is InChI=1S/C7H13N3OS/c1-3-10(4-5-11)7-8-6(2)9-12-7/h11H,3-5H2,1-2H3. The molecule has 0 spiro atoms. The second-order valence-corrected chi connectivity index (χ2v) is 3.16. The summed E-state index contributed by atoms with van der Waals surface area (Å²) in [7, 11) is 0. The highest BCUT2D eigenvalue weighted by Crippen LogP contribution is 2.15. The van der Waals surface area contributed by atoms with E-state index in [1.54, 1.807) is 0 Å². The number of aliphatic hydroxyl groups is 1. The molecule has 68 valence electrons. The van der Waals surface area contributed by atoms with E-state index in [1.165, 1.54) is 11.5 Å². The zero-order valence-electron chi connectivity index (χ0n) is 7.32. The Hall–Kier alpha value is -0.680. The summed E-state index contributed by atoms with van der Waals surface area (Å²) in [5.41, 5.74) is 0. The van der Waals surface area contributed by atoms with Gasteiger partial charge in [0.15, 0.2) is 0 Å². The molecule has 0 saturated carbocycles. The molecule has 12 heavy (non-hydrogen) atoms. The van der Waals surface area contributed by atoms with Crippen LogP contribution < -0.4 is 4.90 Å². The molecule has 1 N–H and O–H groups in total. The van der Waals surface area contributed by atoms with Crippen molar-refractivity contribution in [2.24, 2.45) is 0 Å². The van der Waals surface area contributed by atoms with Gasteiger partial charge in [0.1, 0.15) is 5.82 Å². The Balaban J connectivity index is 2.66. The summed E-state index contributed by atoms with van der Waals surface area (Å²) < 4.78 is 4.07. The van der Waals surface area contributed by atoms with E-state index in [0.29, 0.717) is 6.54 Å². The van der Waals surface area contributed by atoms with Crippen molar-refractivity contribution in [3.8, 4) is 0 Å². The first-order chi connectivity index (χ1) is 5.77. The number of hydrogen-bond acceptors (Lipinski definition) is 5. The van der Waals surface area contributed by atoms with E-state index in [2.05, 4.69) is 9.36 Å². The normalized spacial score (nSPS) is 10.2. The Morgan fingerprint density at radius 1 is 1.58 bits per heavy atom. The van der Waals surface area contributed by atoms with Crippen molar-refractivity contribution < 1.29 is 5.11 Å². The molecule has 0 aliphatic rings. The van der Waals surface area contributed by atoms with Crippen LogP contribution in [0, 0.1) is 6.92 Å². The first-order valence-corrected chi connectivity index (χ1v) is 4.71. The second-order valence-electron chi connectivity index (χ2n) is 2.43. The molecule has 0 aliphatic heterocycles. The van der Waals surface area contributed by atoms with Gasteiger partial charge in [-0.2, -0.15) is 4.37 Å². The average molecular weight is 187 g/mol. The van der Waals surface area contributed by atoms with Crippen LogP contribution in [0.15, 0.2) is 0 Å². The number of aliphatic hydroxyl groups excluding tert-OH is 1. The molecule has 4 nitrogen and oxygen atoms in total. The van der Waals surface area contributed by atoms with Crippen molar-refractivity contribution in [1.82, 2.24) is 9.36 Å². The highest BCUT2D eigenvalue weighted by molar-refractivity contribution is 7.09. The van der Waals surface area contributed by atoms with Crippen molar-refractivity contribution >= 4 is 16.7 Å². The predicted molar refractivity (Wildman–Crippen MR) is 49.6 cm³/mol. The van der Waals surface area contributed by atoms with Crippen LogP contribution in [0.1, 0.15) is 12.7 Å². The van der Waals surface area contributed by atoms with E-state index < -0.39 is 0 Å². The van der Waals surface area contributed by atoms with Gasteiger partial charge in [0.05, 0.1) is 6.61 Å². The molecule has 1 aromatic rings. The lowest BCUT2D eigenvalue weighted by Gasteiger charge is -2.16. The Kier molecular flexibility index (Phi) is 3.43. The highest BCUT2D eigenvalue weighted by atomic mass is 32.1. The van der Waals surface area contributed by atoms with Crippen LogP contribution in [0.4, 0.5) is 5.13 Å². The summed E-state index contributed by atoms with van der Waals surface area (Å²) in [6.45, 7) is 5.55. The number of nitrogens with zero attached hydrogens (tertiary/aromatic N) is 3. The van der Waals surface area contributed by atoms with Gasteiger partial charge in [0.2, 0.25) is 5.13 Å². The van der Waals surface area contributed by atoms with Crippen LogP contribution in [0.2, 0.25) is 0 Å². The largest absolute Gasteiger partial charge is 0.395 e. The van der Waals surface area contributed by atoms with Gasteiger partial charge < -0.3 is 10.0 Å². The van der Waals surface area contributed by atoms with Crippen molar-refractivity contribution in [3.05, 3.63) is 5.82 Å². The van der Waals surface area contributed by atoms with Crippen LogP contribution in [0.3, 0.4) is 0 Å². The first kappa shape index (κ1) is 9.41. The first-order valence-electron chi connectivity index (χ1n) is 3.94. The fraction of sp³-hybridized carbons (Fsp3) is 0.714. The van der Waals surface area contributed by atoms with Crippen LogP contribution in [0.25, 0.3) is 0 Å². The van der Waals surface area contributed by atoms with Crippen LogP contribution in [-0.2, 0) is 0 Å². The van der Waals surface area contributed by atoms with Crippen LogP contribution >= 0.6 is 11.5 Å². The smallest absolute Gasteiger partial charge is 0.205 e. The topological polar surface area (TPSA) is 49.2 Å². The maximum absolute atomic E-state index is 8.75. The van der Waals surface area contributed by atoms with Crippen molar-refractivity contribution in [2.45, 2.75) is 13.8 Å². The number of aromatic nitrogens is 2. The Morgan fingerprint density at radius 2 is 2.33 bits per heavy atom. The quantitative estimate of drug-likeness (QED) is 0.752. The average Bonchev–Trinajstić information content (AvgIpc) is 2.47. The van der Waals surface area contributed by atoms with Gasteiger partial charge in [-0.1, -0.05) is 0 Å². The Morgan fingerprint density at radius 3 is 2.75 bits per heavy atom. The number of likely N-dealkylation sites (N-methyl/N-ethyl adjacent to an activating group) is 1. The number of anilines is 1. The molecular weight excluding hydrogens is 174 g/mol. The molecule has 1 rings (SSSR count). The van der Waals surface area contributed by atoms with Gasteiger partial charge in [-0.3, -0.25) is 0 Å². The molecule has 0 radical (unpaired) electrons. The molecule has 0 fully saturated rings. The lowest BCUT2D eigenvalue weighted by molar-refractivity contribution is 0.302. The molecule has 0 saturated heterocycles. The zero-order chi connectivity index (χ0) is 8.97. The number of rotatable bonds is 4. The molecule has 0 amide bonds. The second kappa shape index (κ2) is 4.37. The van der Waals surface area contributed by atoms with Gasteiger partial charge in [0.25, 0.3) is 0 Å². The van der Waals surface area contributed by atoms with Crippen molar-refractivity contribution in [3.63, 3.8) is 0 Å². The highest BCUT2D eigenvalue weighted by Gasteiger charge is 2.07. The maximum atomic E-state index is 8.75. The summed E-state index contributed by atoms with van der Waals surface area (Å²) in [4.78, 5) is 6.23. The van der Waals surface area contributed by atoms with E-state index in [0.717, 1.165) is 17.5 Å². The van der Waals surface area contributed by atoms with Crippen LogP contribution in [0.5, 0.6) is 0 Å². The van der Waals surface area contributed by atoms with E-state index in [4.69, 9.17) is 5.11 Å². The van der Waals surface area contributed by atoms with Crippen molar-refractivity contribution in [1.29, 1.82) is 0 Å². The lowest BCUT2D eigenvalue weighted by atomic mass is 10.5. The molecule has 5 heteroatoms. The third-order valence-electron chi connectivity index (χ3n) is 1.54. The fourth-order valence-electron chi connectivity index (χ4n) is 0.924. The fourth-order valence-corrected chi connectivity index (χ4v) is 1.69. The minimum Gasteiger partial charge on any atom is -0.395 e. The number of hydrogen-bond donors (Lipinski definition) is 1. The van der Waals surface area contributed by atoms with Crippen LogP contribution in [-0.4, -0.2) is 34.2 Å². The van der Waals surface area contributed by atoms with Gasteiger partial charge in [0, 0.05) is 24.6 Å².